The second-order valence-electron chi connectivity index (χ2n) is 19.2. The number of hydrogen-bond acceptors (Lipinski definition) is 9. The number of rotatable bonds is 12. The van der Waals surface area contributed by atoms with Gasteiger partial charge < -0.3 is 19.9 Å². The van der Waals surface area contributed by atoms with Gasteiger partial charge in [-0.05, 0) is 129 Å². The fraction of sp³-hybridized carbons (Fsp3) is 0.440. The highest BCUT2D eigenvalue weighted by atomic mass is 35.5. The van der Waals surface area contributed by atoms with E-state index in [2.05, 4.69) is 55.8 Å². The molecule has 0 bridgehead atoms. The first-order valence-electron chi connectivity index (χ1n) is 22.8. The van der Waals surface area contributed by atoms with Gasteiger partial charge in [-0.25, -0.2) is 26.9 Å². The molecular weight excluding hydrogens is 868 g/mol. The average Bonchev–Trinajstić information content (AvgIpc) is 3.91. The van der Waals surface area contributed by atoms with Crippen LogP contribution in [0.4, 0.5) is 20.2 Å². The van der Waals surface area contributed by atoms with Gasteiger partial charge in [-0.2, -0.15) is 0 Å². The van der Waals surface area contributed by atoms with Crippen LogP contribution in [-0.4, -0.2) is 97.9 Å². The van der Waals surface area contributed by atoms with E-state index in [9.17, 15) is 22.0 Å². The molecule has 2 aromatic heterocycles. The Morgan fingerprint density at radius 2 is 1.71 bits per heavy atom. The van der Waals surface area contributed by atoms with E-state index in [1.807, 2.05) is 42.2 Å². The summed E-state index contributed by atoms with van der Waals surface area (Å²) in [6.45, 7) is 10.9. The minimum absolute atomic E-state index is 0.0420. The predicted molar refractivity (Wildman–Crippen MR) is 254 cm³/mol. The zero-order valence-corrected chi connectivity index (χ0v) is 38.9. The molecule has 3 aromatic carbocycles. The van der Waals surface area contributed by atoms with Crippen molar-refractivity contribution < 1.29 is 26.7 Å². The molecule has 9 rings (SSSR count). The molecule has 2 saturated heterocycles. The zero-order chi connectivity index (χ0) is 45.5. The molecule has 3 fully saturated rings. The maximum absolute atomic E-state index is 14.0. The average molecular weight is 927 g/mol. The number of aromatic amines is 1. The van der Waals surface area contributed by atoms with Gasteiger partial charge in [0.1, 0.15) is 17.1 Å². The number of carbonyl (C=O) groups is 1. The lowest BCUT2D eigenvalue weighted by atomic mass is 9.72. The van der Waals surface area contributed by atoms with Crippen molar-refractivity contribution in [2.75, 3.05) is 56.0 Å². The van der Waals surface area contributed by atoms with Crippen LogP contribution >= 0.6 is 11.6 Å². The second kappa shape index (κ2) is 18.3. The van der Waals surface area contributed by atoms with Gasteiger partial charge in [-0.3, -0.25) is 14.6 Å². The molecule has 1 saturated carbocycles. The van der Waals surface area contributed by atoms with E-state index < -0.39 is 21.9 Å². The number of allylic oxidation sites excluding steroid dienone is 1. The van der Waals surface area contributed by atoms with E-state index in [0.29, 0.717) is 23.5 Å². The van der Waals surface area contributed by atoms with E-state index in [1.54, 1.807) is 36.7 Å². The summed E-state index contributed by atoms with van der Waals surface area (Å²) in [4.78, 5) is 28.2. The first kappa shape index (κ1) is 45.1. The summed E-state index contributed by atoms with van der Waals surface area (Å²) >= 11 is 6.25. The lowest BCUT2D eigenvalue weighted by Crippen LogP contribution is -2.47. The maximum atomic E-state index is 14.0. The van der Waals surface area contributed by atoms with Crippen LogP contribution in [0.25, 0.3) is 16.6 Å². The van der Waals surface area contributed by atoms with Crippen LogP contribution in [0, 0.1) is 12.3 Å². The monoisotopic (exact) mass is 925 g/mol. The molecule has 0 radical (unpaired) electrons. The smallest absolute Gasteiger partial charge is 0.268 e. The number of hydrogen-bond donors (Lipinski definition) is 3. The third kappa shape index (κ3) is 10.5. The maximum Gasteiger partial charge on any atom is 0.268 e. The summed E-state index contributed by atoms with van der Waals surface area (Å²) in [6.07, 6.45) is 9.85. The highest BCUT2D eigenvalue weighted by Crippen LogP contribution is 2.44. The summed E-state index contributed by atoms with van der Waals surface area (Å²) in [5, 5.41) is 5.11. The van der Waals surface area contributed by atoms with E-state index in [4.69, 9.17) is 16.3 Å². The highest BCUT2D eigenvalue weighted by molar-refractivity contribution is 7.90. The number of ether oxygens (including phenoxy) is 1. The molecule has 65 heavy (non-hydrogen) atoms. The number of pyridine rings is 1. The third-order valence-electron chi connectivity index (χ3n) is 13.9. The lowest BCUT2D eigenvalue weighted by Gasteiger charge is -2.39. The molecule has 5 aromatic rings. The van der Waals surface area contributed by atoms with Gasteiger partial charge in [0.15, 0.2) is 0 Å². The minimum atomic E-state index is -4.29. The van der Waals surface area contributed by atoms with Crippen LogP contribution in [0.1, 0.15) is 86.7 Å². The molecule has 0 atom stereocenters. The first-order valence-corrected chi connectivity index (χ1v) is 24.7. The molecule has 0 spiro atoms. The van der Waals surface area contributed by atoms with Crippen LogP contribution in [-0.2, 0) is 10.0 Å². The standard InChI is InChI=1S/C50H58ClF2N7O4S/c1-33-26-42(13-15-45(33)56-38-8-10-39(11-9-38)60-21-19-50(52,53)32-60)65(62,63)57-48(61)43-14-12-40(28-46(43)64-41-27-35-17-20-54-47(35)55-30-41)59-24-22-58(23-25-59)31-36-16-18-49(2,3)29-44(36)34-4-6-37(51)7-5-34/h4-7,12-15,17,20,26-28,30,38-39,56H,8-11,16,18-19,21-25,29,31-32H2,1-3H3,(H,54,55)(H,57,61). The molecule has 2 aliphatic heterocycles. The third-order valence-corrected chi connectivity index (χ3v) is 15.4. The second-order valence-corrected chi connectivity index (χ2v) is 21.3. The van der Waals surface area contributed by atoms with Crippen molar-refractivity contribution in [3.63, 3.8) is 0 Å². The number of H-pyrrole nitrogens is 1. The number of likely N-dealkylation sites (tertiary alicyclic amines) is 1. The summed E-state index contributed by atoms with van der Waals surface area (Å²) in [7, 11) is -4.29. The van der Waals surface area contributed by atoms with Gasteiger partial charge in [-0.15, -0.1) is 0 Å². The fourth-order valence-corrected chi connectivity index (χ4v) is 11.2. The number of benzene rings is 3. The number of nitrogens with zero attached hydrogens (tertiary/aromatic N) is 4. The van der Waals surface area contributed by atoms with Gasteiger partial charge in [-0.1, -0.05) is 43.2 Å². The number of piperazine rings is 1. The number of amides is 1. The van der Waals surface area contributed by atoms with Gasteiger partial charge in [0, 0.05) is 91.8 Å². The summed E-state index contributed by atoms with van der Waals surface area (Å²) < 4.78 is 64.0. The normalized spacial score (nSPS) is 21.7. The molecule has 15 heteroatoms. The Labute approximate surface area is 385 Å². The molecule has 11 nitrogen and oxygen atoms in total. The van der Waals surface area contributed by atoms with Crippen LogP contribution in [0.5, 0.6) is 11.5 Å². The van der Waals surface area contributed by atoms with Crippen molar-refractivity contribution in [1.82, 2.24) is 24.5 Å². The van der Waals surface area contributed by atoms with Crippen LogP contribution in [0.2, 0.25) is 5.02 Å². The number of halogens is 3. The minimum Gasteiger partial charge on any atom is -0.455 e. The number of aryl methyl sites for hydroxylation is 1. The van der Waals surface area contributed by atoms with E-state index in [0.717, 1.165) is 99.5 Å². The van der Waals surface area contributed by atoms with Crippen molar-refractivity contribution in [1.29, 1.82) is 0 Å². The quantitative estimate of drug-likeness (QED) is 0.112. The molecule has 3 N–H and O–H groups in total. The first-order chi connectivity index (χ1) is 31.1. The Morgan fingerprint density at radius 3 is 2.43 bits per heavy atom. The van der Waals surface area contributed by atoms with E-state index in [1.165, 1.54) is 22.8 Å². The Kier molecular flexibility index (Phi) is 12.7. The number of nitrogens with one attached hydrogen (secondary N) is 3. The summed E-state index contributed by atoms with van der Waals surface area (Å²) in [5.74, 6) is -2.81. The number of sulfonamides is 1. The molecule has 2 aliphatic carbocycles. The van der Waals surface area contributed by atoms with Crippen molar-refractivity contribution >= 4 is 55.5 Å². The number of alkyl halides is 2. The topological polar surface area (TPSA) is 123 Å². The molecule has 344 valence electrons. The molecule has 4 aliphatic rings. The van der Waals surface area contributed by atoms with Crippen LogP contribution in [0.15, 0.2) is 95.7 Å². The zero-order valence-electron chi connectivity index (χ0n) is 37.3. The number of anilines is 2. The van der Waals surface area contributed by atoms with Crippen molar-refractivity contribution in [2.24, 2.45) is 5.41 Å². The van der Waals surface area contributed by atoms with Crippen molar-refractivity contribution in [2.45, 2.75) is 95.0 Å². The Bertz CT molecular complexity index is 2690. The number of aromatic nitrogens is 2. The number of fused-ring (bicyclic) bond motifs is 1. The van der Waals surface area contributed by atoms with Gasteiger partial charge in [0.05, 0.1) is 23.2 Å². The van der Waals surface area contributed by atoms with Crippen molar-refractivity contribution in [3.8, 4) is 11.5 Å². The van der Waals surface area contributed by atoms with Gasteiger partial charge >= 0.3 is 0 Å². The van der Waals surface area contributed by atoms with Crippen LogP contribution in [0.3, 0.4) is 0 Å². The number of carbonyl (C=O) groups excluding carboxylic acids is 1. The Balaban J connectivity index is 0.880. The van der Waals surface area contributed by atoms with E-state index >= 15 is 0 Å². The molecule has 4 heterocycles. The Morgan fingerprint density at radius 1 is 0.938 bits per heavy atom. The summed E-state index contributed by atoms with van der Waals surface area (Å²) in [5.41, 5.74) is 7.52. The lowest BCUT2D eigenvalue weighted by molar-refractivity contribution is 0.00534. The molecule has 1 amide bonds. The largest absolute Gasteiger partial charge is 0.455 e. The van der Waals surface area contributed by atoms with Crippen LogP contribution < -0.4 is 19.7 Å². The molecular formula is C50H58ClF2N7O4S. The fourth-order valence-electron chi connectivity index (χ4n) is 10.1. The Hall–Kier alpha value is -5.02. The van der Waals surface area contributed by atoms with Gasteiger partial charge in [0.25, 0.3) is 21.9 Å². The SMILES string of the molecule is Cc1cc(S(=O)(=O)NC(=O)c2ccc(N3CCN(CC4=C(c5ccc(Cl)cc5)CC(C)(C)CC4)CC3)cc2Oc2cnc3[nH]ccc3c2)ccc1NC1CCC(N2CCC(F)(F)C2)CC1. The van der Waals surface area contributed by atoms with E-state index in [-0.39, 0.29) is 46.7 Å². The molecule has 0 unspecified atom stereocenters. The van der Waals surface area contributed by atoms with Crippen molar-refractivity contribution in [3.05, 3.63) is 112 Å². The highest BCUT2D eigenvalue weighted by Gasteiger charge is 2.41. The predicted octanol–water partition coefficient (Wildman–Crippen LogP) is 10.3. The summed E-state index contributed by atoms with van der Waals surface area (Å²) in [6, 6.07) is 22.3. The van der Waals surface area contributed by atoms with Gasteiger partial charge in [0.2, 0.25) is 0 Å².